The van der Waals surface area contributed by atoms with Crippen LogP contribution in [0.4, 0.5) is 0 Å². The summed E-state index contributed by atoms with van der Waals surface area (Å²) < 4.78 is 2.14. The maximum atomic E-state index is 4.47. The summed E-state index contributed by atoms with van der Waals surface area (Å²) in [5, 5.41) is 3.75. The van der Waals surface area contributed by atoms with Crippen LogP contribution in [-0.2, 0) is 13.5 Å². The van der Waals surface area contributed by atoms with Gasteiger partial charge >= 0.3 is 0 Å². The van der Waals surface area contributed by atoms with Crippen molar-refractivity contribution in [1.29, 1.82) is 0 Å². The maximum absolute atomic E-state index is 4.47. The van der Waals surface area contributed by atoms with Gasteiger partial charge in [0.15, 0.2) is 0 Å². The number of likely N-dealkylation sites (N-methyl/N-ethyl adjacent to an activating group) is 1. The standard InChI is InChI=1S/C17H32N4/c1-5-17(3,21-12-7-8-13-21)15(18-6-2)9-10-16-19-11-14-20(16)4/h11,14-15,18H,5-10,12-13H2,1-4H3. The fraction of sp³-hybridized carbons (Fsp3) is 0.824. The summed E-state index contributed by atoms with van der Waals surface area (Å²) in [6.45, 7) is 10.6. The zero-order valence-electron chi connectivity index (χ0n) is 14.2. The Kier molecular flexibility index (Phi) is 5.82. The molecule has 1 N–H and O–H groups in total. The zero-order chi connectivity index (χ0) is 15.3. The van der Waals surface area contributed by atoms with E-state index in [9.17, 15) is 0 Å². The van der Waals surface area contributed by atoms with Gasteiger partial charge in [-0.1, -0.05) is 13.8 Å². The van der Waals surface area contributed by atoms with Crippen LogP contribution in [0.3, 0.4) is 0 Å². The number of nitrogens with zero attached hydrogens (tertiary/aromatic N) is 3. The maximum Gasteiger partial charge on any atom is 0.108 e. The van der Waals surface area contributed by atoms with Crippen LogP contribution in [0.25, 0.3) is 0 Å². The van der Waals surface area contributed by atoms with Crippen molar-refractivity contribution >= 4 is 0 Å². The first-order valence-corrected chi connectivity index (χ1v) is 8.56. The lowest BCUT2D eigenvalue weighted by Gasteiger charge is -2.45. The molecule has 2 unspecified atom stereocenters. The minimum atomic E-state index is 0.262. The monoisotopic (exact) mass is 292 g/mol. The quantitative estimate of drug-likeness (QED) is 0.799. The first kappa shape index (κ1) is 16.5. The van der Waals surface area contributed by atoms with Crippen molar-refractivity contribution in [3.8, 4) is 0 Å². The minimum absolute atomic E-state index is 0.262. The molecule has 1 saturated heterocycles. The Morgan fingerprint density at radius 1 is 1.33 bits per heavy atom. The molecule has 0 bridgehead atoms. The predicted octanol–water partition coefficient (Wildman–Crippen LogP) is 2.60. The van der Waals surface area contributed by atoms with Gasteiger partial charge in [0, 0.05) is 37.4 Å². The van der Waals surface area contributed by atoms with E-state index in [1.165, 1.54) is 38.2 Å². The summed E-state index contributed by atoms with van der Waals surface area (Å²) in [5.41, 5.74) is 0.262. The molecule has 0 radical (unpaired) electrons. The van der Waals surface area contributed by atoms with Gasteiger partial charge in [-0.15, -0.1) is 0 Å². The molecule has 120 valence electrons. The van der Waals surface area contributed by atoms with Crippen LogP contribution in [0.1, 0.15) is 52.3 Å². The lowest BCUT2D eigenvalue weighted by molar-refractivity contribution is 0.0808. The third-order valence-electron chi connectivity index (χ3n) is 5.32. The number of aromatic nitrogens is 2. The molecule has 1 aromatic rings. The molecule has 2 heterocycles. The van der Waals surface area contributed by atoms with Gasteiger partial charge in [0.25, 0.3) is 0 Å². The number of likely N-dealkylation sites (tertiary alicyclic amines) is 1. The van der Waals surface area contributed by atoms with Gasteiger partial charge in [-0.2, -0.15) is 0 Å². The third-order valence-corrected chi connectivity index (χ3v) is 5.32. The lowest BCUT2D eigenvalue weighted by atomic mass is 9.84. The van der Waals surface area contributed by atoms with Crippen molar-refractivity contribution in [2.75, 3.05) is 19.6 Å². The molecule has 2 rings (SSSR count). The van der Waals surface area contributed by atoms with E-state index in [-0.39, 0.29) is 5.54 Å². The Labute approximate surface area is 129 Å². The highest BCUT2D eigenvalue weighted by molar-refractivity contribution is 5.00. The van der Waals surface area contributed by atoms with E-state index in [0.29, 0.717) is 6.04 Å². The minimum Gasteiger partial charge on any atom is -0.338 e. The first-order valence-electron chi connectivity index (χ1n) is 8.56. The Balaban J connectivity index is 2.06. The fourth-order valence-electron chi connectivity index (χ4n) is 3.71. The molecule has 0 saturated carbocycles. The van der Waals surface area contributed by atoms with E-state index in [0.717, 1.165) is 19.4 Å². The number of aryl methyl sites for hydroxylation is 2. The topological polar surface area (TPSA) is 33.1 Å². The second kappa shape index (κ2) is 7.41. The van der Waals surface area contributed by atoms with Gasteiger partial charge in [0.2, 0.25) is 0 Å². The molecular formula is C17H32N4. The molecule has 2 atom stereocenters. The fourth-order valence-corrected chi connectivity index (χ4v) is 3.71. The highest BCUT2D eigenvalue weighted by Crippen LogP contribution is 2.30. The summed E-state index contributed by atoms with van der Waals surface area (Å²) >= 11 is 0. The van der Waals surface area contributed by atoms with Crippen LogP contribution in [0.5, 0.6) is 0 Å². The number of imidazole rings is 1. The molecular weight excluding hydrogens is 260 g/mol. The Hall–Kier alpha value is -0.870. The van der Waals surface area contributed by atoms with Crippen molar-refractivity contribution in [3.63, 3.8) is 0 Å². The van der Waals surface area contributed by atoms with Crippen molar-refractivity contribution in [2.45, 2.75) is 64.5 Å². The van der Waals surface area contributed by atoms with Crippen molar-refractivity contribution in [1.82, 2.24) is 19.8 Å². The van der Waals surface area contributed by atoms with Crippen LogP contribution in [0.15, 0.2) is 12.4 Å². The summed E-state index contributed by atoms with van der Waals surface area (Å²) in [5.74, 6) is 1.19. The largest absolute Gasteiger partial charge is 0.338 e. The van der Waals surface area contributed by atoms with Crippen LogP contribution in [-0.4, -0.2) is 45.7 Å². The number of hydrogen-bond acceptors (Lipinski definition) is 3. The summed E-state index contributed by atoms with van der Waals surface area (Å²) in [4.78, 5) is 7.18. The predicted molar refractivity (Wildman–Crippen MR) is 88.5 cm³/mol. The molecule has 21 heavy (non-hydrogen) atoms. The molecule has 1 aromatic heterocycles. The normalized spacial score (nSPS) is 20.6. The van der Waals surface area contributed by atoms with E-state index in [2.05, 4.69) is 47.6 Å². The van der Waals surface area contributed by atoms with Crippen LogP contribution in [0.2, 0.25) is 0 Å². The van der Waals surface area contributed by atoms with Crippen molar-refractivity contribution in [3.05, 3.63) is 18.2 Å². The molecule has 1 fully saturated rings. The molecule has 0 aliphatic carbocycles. The number of hydrogen-bond donors (Lipinski definition) is 1. The summed E-state index contributed by atoms with van der Waals surface area (Å²) in [7, 11) is 2.09. The van der Waals surface area contributed by atoms with Crippen molar-refractivity contribution in [2.24, 2.45) is 7.05 Å². The molecule has 0 amide bonds. The molecule has 0 aromatic carbocycles. The number of nitrogens with one attached hydrogen (secondary N) is 1. The van der Waals surface area contributed by atoms with E-state index >= 15 is 0 Å². The Morgan fingerprint density at radius 2 is 2.05 bits per heavy atom. The average Bonchev–Trinajstić information content (AvgIpc) is 3.14. The zero-order valence-corrected chi connectivity index (χ0v) is 14.2. The van der Waals surface area contributed by atoms with Gasteiger partial charge < -0.3 is 9.88 Å². The summed E-state index contributed by atoms with van der Waals surface area (Å²) in [6.07, 6.45) is 10.0. The van der Waals surface area contributed by atoms with E-state index < -0.39 is 0 Å². The Bertz CT molecular complexity index is 422. The second-order valence-corrected chi connectivity index (χ2v) is 6.51. The average molecular weight is 292 g/mol. The number of rotatable bonds is 8. The van der Waals surface area contributed by atoms with Crippen LogP contribution in [0, 0.1) is 0 Å². The van der Waals surface area contributed by atoms with Crippen molar-refractivity contribution < 1.29 is 0 Å². The van der Waals surface area contributed by atoms with Gasteiger partial charge in [-0.25, -0.2) is 4.98 Å². The summed E-state index contributed by atoms with van der Waals surface area (Å²) in [6, 6.07) is 0.530. The highest BCUT2D eigenvalue weighted by atomic mass is 15.2. The molecule has 4 heteroatoms. The van der Waals surface area contributed by atoms with Gasteiger partial charge in [0.05, 0.1) is 0 Å². The van der Waals surface area contributed by atoms with Crippen LogP contribution < -0.4 is 5.32 Å². The lowest BCUT2D eigenvalue weighted by Crippen LogP contribution is -2.58. The molecule has 1 aliphatic rings. The first-order chi connectivity index (χ1) is 10.1. The SMILES string of the molecule is CCNC(CCc1nccn1C)C(C)(CC)N1CCCC1. The van der Waals surface area contributed by atoms with E-state index in [1.807, 2.05) is 12.4 Å². The third kappa shape index (κ3) is 3.67. The second-order valence-electron chi connectivity index (χ2n) is 6.51. The molecule has 0 spiro atoms. The van der Waals surface area contributed by atoms with Gasteiger partial charge in [0.1, 0.15) is 5.82 Å². The smallest absolute Gasteiger partial charge is 0.108 e. The molecule has 1 aliphatic heterocycles. The highest BCUT2D eigenvalue weighted by Gasteiger charge is 2.38. The van der Waals surface area contributed by atoms with Crippen LogP contribution >= 0.6 is 0 Å². The van der Waals surface area contributed by atoms with Gasteiger partial charge in [-0.3, -0.25) is 4.90 Å². The Morgan fingerprint density at radius 3 is 2.57 bits per heavy atom. The van der Waals surface area contributed by atoms with E-state index in [1.54, 1.807) is 0 Å². The van der Waals surface area contributed by atoms with E-state index in [4.69, 9.17) is 0 Å². The van der Waals surface area contributed by atoms with Gasteiger partial charge in [-0.05, 0) is 52.2 Å². The molecule has 4 nitrogen and oxygen atoms in total.